The average Bonchev–Trinajstić information content (AvgIpc) is 2.81. The summed E-state index contributed by atoms with van der Waals surface area (Å²) in [5.41, 5.74) is 9.51. The number of nitrogens with two attached hydrogens (primary N) is 2. The molecule has 114 valence electrons. The third-order valence-corrected chi connectivity index (χ3v) is 3.09. The fraction of sp³-hybridized carbons (Fsp3) is 0.0714. The number of benzene rings is 2. The minimum atomic E-state index is -4.63. The Morgan fingerprint density at radius 3 is 2.45 bits per heavy atom. The van der Waals surface area contributed by atoms with E-state index in [1.807, 2.05) is 0 Å². The van der Waals surface area contributed by atoms with Crippen molar-refractivity contribution < 1.29 is 22.0 Å². The highest BCUT2D eigenvalue weighted by atomic mass is 19.4. The quantitative estimate of drug-likeness (QED) is 0.529. The van der Waals surface area contributed by atoms with Gasteiger partial charge in [0.2, 0.25) is 5.89 Å². The normalized spacial score (nSPS) is 12.0. The zero-order chi connectivity index (χ0) is 16.1. The lowest BCUT2D eigenvalue weighted by molar-refractivity contribution is -0.137. The van der Waals surface area contributed by atoms with Crippen molar-refractivity contribution in [2.24, 2.45) is 0 Å². The minimum Gasteiger partial charge on any atom is -0.436 e. The van der Waals surface area contributed by atoms with Crippen LogP contribution in [0.5, 0.6) is 0 Å². The van der Waals surface area contributed by atoms with Gasteiger partial charge in [-0.05, 0) is 24.3 Å². The number of nitrogen functional groups attached to an aromatic ring is 2. The van der Waals surface area contributed by atoms with E-state index in [1.54, 1.807) is 0 Å². The van der Waals surface area contributed by atoms with Gasteiger partial charge in [-0.3, -0.25) is 0 Å². The van der Waals surface area contributed by atoms with Crippen molar-refractivity contribution >= 4 is 22.5 Å². The van der Waals surface area contributed by atoms with Crippen LogP contribution in [0.1, 0.15) is 5.56 Å². The number of hydrogen-bond acceptors (Lipinski definition) is 4. The van der Waals surface area contributed by atoms with Gasteiger partial charge in [0, 0.05) is 17.3 Å². The van der Waals surface area contributed by atoms with Crippen LogP contribution in [0.25, 0.3) is 22.6 Å². The van der Waals surface area contributed by atoms with Gasteiger partial charge in [-0.15, -0.1) is 0 Å². The summed E-state index contributed by atoms with van der Waals surface area (Å²) in [5, 5.41) is 0. The van der Waals surface area contributed by atoms with Crippen LogP contribution in [0.3, 0.4) is 0 Å². The maximum absolute atomic E-state index is 13.4. The lowest BCUT2D eigenvalue weighted by Gasteiger charge is -2.11. The average molecular weight is 311 g/mol. The molecule has 0 aliphatic rings. The van der Waals surface area contributed by atoms with Crippen LogP contribution in [0.15, 0.2) is 34.7 Å². The largest absolute Gasteiger partial charge is 0.436 e. The summed E-state index contributed by atoms with van der Waals surface area (Å²) in [4.78, 5) is 3.93. The van der Waals surface area contributed by atoms with E-state index in [2.05, 4.69) is 4.98 Å². The first-order valence-electron chi connectivity index (χ1n) is 6.08. The number of halogens is 4. The smallest absolute Gasteiger partial charge is 0.417 e. The monoisotopic (exact) mass is 311 g/mol. The van der Waals surface area contributed by atoms with E-state index in [9.17, 15) is 17.6 Å². The number of oxazole rings is 1. The molecule has 0 saturated carbocycles. The molecule has 22 heavy (non-hydrogen) atoms. The highest BCUT2D eigenvalue weighted by Crippen LogP contribution is 2.39. The van der Waals surface area contributed by atoms with E-state index in [1.165, 1.54) is 12.1 Å². The van der Waals surface area contributed by atoms with E-state index in [-0.39, 0.29) is 33.9 Å². The third kappa shape index (κ3) is 2.32. The number of anilines is 2. The summed E-state index contributed by atoms with van der Waals surface area (Å²) in [6.45, 7) is 0. The Morgan fingerprint density at radius 2 is 1.77 bits per heavy atom. The standard InChI is InChI=1S/C14H9F4N3O/c15-9-4-12-11(5-10(9)20)21-13(22-12)7-2-1-6(19)3-8(7)14(16,17)18/h1-5H,19-20H2. The highest BCUT2D eigenvalue weighted by Gasteiger charge is 2.35. The summed E-state index contributed by atoms with van der Waals surface area (Å²) < 4.78 is 57.9. The van der Waals surface area contributed by atoms with Crippen LogP contribution >= 0.6 is 0 Å². The maximum atomic E-state index is 13.4. The molecular weight excluding hydrogens is 302 g/mol. The third-order valence-electron chi connectivity index (χ3n) is 3.09. The Hall–Kier alpha value is -2.77. The van der Waals surface area contributed by atoms with Gasteiger partial charge in [0.15, 0.2) is 5.58 Å². The lowest BCUT2D eigenvalue weighted by Crippen LogP contribution is -2.08. The number of fused-ring (bicyclic) bond motifs is 1. The van der Waals surface area contributed by atoms with Gasteiger partial charge in [0.05, 0.1) is 11.3 Å². The van der Waals surface area contributed by atoms with Crippen LogP contribution in [0, 0.1) is 5.82 Å². The van der Waals surface area contributed by atoms with E-state index in [4.69, 9.17) is 15.9 Å². The molecule has 0 bridgehead atoms. The summed E-state index contributed by atoms with van der Waals surface area (Å²) in [6.07, 6.45) is -4.63. The van der Waals surface area contributed by atoms with Crippen LogP contribution in [-0.2, 0) is 6.18 Å². The van der Waals surface area contributed by atoms with E-state index >= 15 is 0 Å². The van der Waals surface area contributed by atoms with Crippen molar-refractivity contribution in [3.05, 3.63) is 41.7 Å². The zero-order valence-electron chi connectivity index (χ0n) is 10.9. The van der Waals surface area contributed by atoms with Crippen LogP contribution < -0.4 is 11.5 Å². The number of alkyl halides is 3. The second-order valence-electron chi connectivity index (χ2n) is 4.66. The molecule has 4 N–H and O–H groups in total. The van der Waals surface area contributed by atoms with E-state index in [0.717, 1.165) is 18.2 Å². The Bertz CT molecular complexity index is 831. The Labute approximate surface area is 121 Å². The molecule has 0 spiro atoms. The second kappa shape index (κ2) is 4.62. The second-order valence-corrected chi connectivity index (χ2v) is 4.66. The molecule has 0 saturated heterocycles. The number of aromatic nitrogens is 1. The van der Waals surface area contributed by atoms with Crippen molar-refractivity contribution in [1.29, 1.82) is 0 Å². The zero-order valence-corrected chi connectivity index (χ0v) is 10.9. The first-order chi connectivity index (χ1) is 10.3. The predicted molar refractivity (Wildman–Crippen MR) is 73.2 cm³/mol. The summed E-state index contributed by atoms with van der Waals surface area (Å²) in [6, 6.07) is 5.42. The molecule has 3 rings (SSSR count). The van der Waals surface area contributed by atoms with Crippen molar-refractivity contribution in [3.8, 4) is 11.5 Å². The Balaban J connectivity index is 2.23. The first kappa shape index (κ1) is 14.2. The fourth-order valence-electron chi connectivity index (χ4n) is 2.06. The van der Waals surface area contributed by atoms with Gasteiger partial charge in [0.25, 0.3) is 0 Å². The number of nitrogens with zero attached hydrogens (tertiary/aromatic N) is 1. The molecule has 1 aromatic heterocycles. The molecule has 4 nitrogen and oxygen atoms in total. The molecule has 0 amide bonds. The van der Waals surface area contributed by atoms with Crippen molar-refractivity contribution in [2.45, 2.75) is 6.18 Å². The molecule has 0 atom stereocenters. The van der Waals surface area contributed by atoms with Gasteiger partial charge in [0.1, 0.15) is 11.3 Å². The number of rotatable bonds is 1. The van der Waals surface area contributed by atoms with Crippen LogP contribution in [0.4, 0.5) is 28.9 Å². The molecule has 0 fully saturated rings. The van der Waals surface area contributed by atoms with Crippen LogP contribution in [0.2, 0.25) is 0 Å². The molecule has 0 radical (unpaired) electrons. The Morgan fingerprint density at radius 1 is 1.05 bits per heavy atom. The van der Waals surface area contributed by atoms with Gasteiger partial charge < -0.3 is 15.9 Å². The molecule has 0 aliphatic carbocycles. The SMILES string of the molecule is Nc1ccc(-c2nc3cc(N)c(F)cc3o2)c(C(F)(F)F)c1. The molecule has 0 aliphatic heterocycles. The summed E-state index contributed by atoms with van der Waals surface area (Å²) >= 11 is 0. The van der Waals surface area contributed by atoms with Gasteiger partial charge >= 0.3 is 6.18 Å². The number of hydrogen-bond donors (Lipinski definition) is 2. The molecule has 8 heteroatoms. The van der Waals surface area contributed by atoms with E-state index in [0.29, 0.717) is 0 Å². The summed E-state index contributed by atoms with van der Waals surface area (Å²) in [5.74, 6) is -1.02. The summed E-state index contributed by atoms with van der Waals surface area (Å²) in [7, 11) is 0. The maximum Gasteiger partial charge on any atom is 0.417 e. The van der Waals surface area contributed by atoms with Gasteiger partial charge in [-0.2, -0.15) is 13.2 Å². The fourth-order valence-corrected chi connectivity index (χ4v) is 2.06. The molecule has 3 aromatic rings. The first-order valence-corrected chi connectivity index (χ1v) is 6.08. The minimum absolute atomic E-state index is 0.00616. The highest BCUT2D eigenvalue weighted by molar-refractivity contribution is 5.80. The molecular formula is C14H9F4N3O. The topological polar surface area (TPSA) is 78.1 Å². The molecule has 0 unspecified atom stereocenters. The molecule has 2 aromatic carbocycles. The molecule has 1 heterocycles. The van der Waals surface area contributed by atoms with Crippen LogP contribution in [-0.4, -0.2) is 4.98 Å². The lowest BCUT2D eigenvalue weighted by atomic mass is 10.1. The van der Waals surface area contributed by atoms with Gasteiger partial charge in [-0.1, -0.05) is 0 Å². The van der Waals surface area contributed by atoms with Crippen molar-refractivity contribution in [3.63, 3.8) is 0 Å². The Kier molecular flexibility index (Phi) is 2.98. The van der Waals surface area contributed by atoms with Crippen molar-refractivity contribution in [2.75, 3.05) is 11.5 Å². The van der Waals surface area contributed by atoms with Gasteiger partial charge in [-0.25, -0.2) is 9.37 Å². The van der Waals surface area contributed by atoms with Crippen molar-refractivity contribution in [1.82, 2.24) is 4.98 Å². The predicted octanol–water partition coefficient (Wildman–Crippen LogP) is 3.82. The van der Waals surface area contributed by atoms with E-state index < -0.39 is 17.6 Å².